The lowest BCUT2D eigenvalue weighted by molar-refractivity contribution is 0.101. The summed E-state index contributed by atoms with van der Waals surface area (Å²) in [6.45, 7) is 2.18. The van der Waals surface area contributed by atoms with E-state index in [2.05, 4.69) is 10.6 Å². The zero-order chi connectivity index (χ0) is 13.4. The fourth-order valence-corrected chi connectivity index (χ4v) is 1.81. The van der Waals surface area contributed by atoms with E-state index in [9.17, 15) is 9.59 Å². The minimum absolute atomic E-state index is 0.0167. The van der Waals surface area contributed by atoms with E-state index in [1.54, 1.807) is 36.0 Å². The van der Waals surface area contributed by atoms with Crippen molar-refractivity contribution in [3.8, 4) is 0 Å². The highest BCUT2D eigenvalue weighted by Gasteiger charge is 2.02. The summed E-state index contributed by atoms with van der Waals surface area (Å²) in [5.41, 5.74) is 1.32. The molecule has 5 heteroatoms. The number of amides is 2. The van der Waals surface area contributed by atoms with Crippen molar-refractivity contribution < 1.29 is 9.59 Å². The molecule has 2 amide bonds. The second-order valence-corrected chi connectivity index (χ2v) is 4.85. The number of Topliss-reactive ketones (excluding diaryl/α,β-unsaturated/α-hetero) is 1. The lowest BCUT2D eigenvalue weighted by Gasteiger charge is -2.07. The molecule has 1 rings (SSSR count). The lowest BCUT2D eigenvalue weighted by Crippen LogP contribution is -2.29. The van der Waals surface area contributed by atoms with E-state index in [-0.39, 0.29) is 11.8 Å². The minimum Gasteiger partial charge on any atom is -0.338 e. The van der Waals surface area contributed by atoms with Gasteiger partial charge in [-0.1, -0.05) is 0 Å². The van der Waals surface area contributed by atoms with Gasteiger partial charge in [0.1, 0.15) is 0 Å². The predicted octanol–water partition coefficient (Wildman–Crippen LogP) is 2.76. The third-order valence-electron chi connectivity index (χ3n) is 2.36. The van der Waals surface area contributed by atoms with Crippen molar-refractivity contribution in [1.29, 1.82) is 0 Å². The molecular formula is C13H18N2O2S. The number of benzene rings is 1. The number of anilines is 1. The van der Waals surface area contributed by atoms with Gasteiger partial charge in [0.2, 0.25) is 0 Å². The fourth-order valence-electron chi connectivity index (χ4n) is 1.38. The Bertz CT molecular complexity index is 404. The van der Waals surface area contributed by atoms with Crippen molar-refractivity contribution in [3.63, 3.8) is 0 Å². The van der Waals surface area contributed by atoms with Crippen LogP contribution in [0.25, 0.3) is 0 Å². The molecule has 0 aliphatic heterocycles. The summed E-state index contributed by atoms with van der Waals surface area (Å²) in [6.07, 6.45) is 2.99. The van der Waals surface area contributed by atoms with Gasteiger partial charge in [-0.2, -0.15) is 11.8 Å². The second-order valence-electron chi connectivity index (χ2n) is 3.86. The van der Waals surface area contributed by atoms with Gasteiger partial charge in [0, 0.05) is 17.8 Å². The van der Waals surface area contributed by atoms with E-state index in [4.69, 9.17) is 0 Å². The SMILES string of the molecule is CSCCCNC(=O)Nc1ccc(C(C)=O)cc1. The van der Waals surface area contributed by atoms with Crippen molar-refractivity contribution in [2.45, 2.75) is 13.3 Å². The number of ketones is 1. The molecule has 0 radical (unpaired) electrons. The molecule has 0 aromatic heterocycles. The van der Waals surface area contributed by atoms with E-state index < -0.39 is 0 Å². The minimum atomic E-state index is -0.216. The Kier molecular flexibility index (Phi) is 6.28. The van der Waals surface area contributed by atoms with Gasteiger partial charge in [0.05, 0.1) is 0 Å². The number of carbonyl (C=O) groups is 2. The van der Waals surface area contributed by atoms with Crippen LogP contribution in [0.2, 0.25) is 0 Å². The molecule has 0 atom stereocenters. The lowest BCUT2D eigenvalue weighted by atomic mass is 10.1. The van der Waals surface area contributed by atoms with Crippen LogP contribution in [0.5, 0.6) is 0 Å². The Labute approximate surface area is 112 Å². The summed E-state index contributed by atoms with van der Waals surface area (Å²) in [5, 5.41) is 5.49. The van der Waals surface area contributed by atoms with Crippen LogP contribution in [0.4, 0.5) is 10.5 Å². The molecule has 0 fully saturated rings. The molecule has 0 spiro atoms. The molecule has 2 N–H and O–H groups in total. The maximum Gasteiger partial charge on any atom is 0.319 e. The van der Waals surface area contributed by atoms with Gasteiger partial charge < -0.3 is 10.6 Å². The molecule has 0 bridgehead atoms. The Morgan fingerprint density at radius 1 is 1.22 bits per heavy atom. The van der Waals surface area contributed by atoms with Crippen LogP contribution >= 0.6 is 11.8 Å². The van der Waals surface area contributed by atoms with Crippen LogP contribution in [0, 0.1) is 0 Å². The molecular weight excluding hydrogens is 248 g/mol. The molecule has 4 nitrogen and oxygen atoms in total. The van der Waals surface area contributed by atoms with Gasteiger partial charge in [-0.25, -0.2) is 4.79 Å². The van der Waals surface area contributed by atoms with Crippen molar-refractivity contribution in [1.82, 2.24) is 5.32 Å². The number of nitrogens with one attached hydrogen (secondary N) is 2. The van der Waals surface area contributed by atoms with Crippen LogP contribution < -0.4 is 10.6 Å². The number of rotatable bonds is 6. The van der Waals surface area contributed by atoms with Gasteiger partial charge in [0.25, 0.3) is 0 Å². The van der Waals surface area contributed by atoms with Crippen molar-refractivity contribution in [3.05, 3.63) is 29.8 Å². The molecule has 0 unspecified atom stereocenters. The average Bonchev–Trinajstić information content (AvgIpc) is 2.35. The Morgan fingerprint density at radius 3 is 2.44 bits per heavy atom. The van der Waals surface area contributed by atoms with Gasteiger partial charge >= 0.3 is 6.03 Å². The topological polar surface area (TPSA) is 58.2 Å². The highest BCUT2D eigenvalue weighted by atomic mass is 32.2. The van der Waals surface area contributed by atoms with E-state index in [0.717, 1.165) is 12.2 Å². The van der Waals surface area contributed by atoms with E-state index >= 15 is 0 Å². The summed E-state index contributed by atoms with van der Waals surface area (Å²) >= 11 is 1.76. The molecule has 98 valence electrons. The summed E-state index contributed by atoms with van der Waals surface area (Å²) in [6, 6.07) is 6.62. The van der Waals surface area contributed by atoms with E-state index in [0.29, 0.717) is 17.8 Å². The number of urea groups is 1. The largest absolute Gasteiger partial charge is 0.338 e. The first-order chi connectivity index (χ1) is 8.63. The van der Waals surface area contributed by atoms with Crippen LogP contribution in [-0.4, -0.2) is 30.4 Å². The van der Waals surface area contributed by atoms with Crippen molar-refractivity contribution in [2.75, 3.05) is 23.9 Å². The standard InChI is InChI=1S/C13H18N2O2S/c1-10(16)11-4-6-12(7-5-11)15-13(17)14-8-3-9-18-2/h4-7H,3,8-9H2,1-2H3,(H2,14,15,17). The summed E-state index contributed by atoms with van der Waals surface area (Å²) in [4.78, 5) is 22.6. The number of carbonyl (C=O) groups excluding carboxylic acids is 2. The van der Waals surface area contributed by atoms with Crippen LogP contribution in [0.1, 0.15) is 23.7 Å². The van der Waals surface area contributed by atoms with Gasteiger partial charge in [-0.15, -0.1) is 0 Å². The molecule has 18 heavy (non-hydrogen) atoms. The molecule has 1 aromatic rings. The monoisotopic (exact) mass is 266 g/mol. The third kappa shape index (κ3) is 5.23. The summed E-state index contributed by atoms with van der Waals surface area (Å²) in [5.74, 6) is 1.05. The second kappa shape index (κ2) is 7.76. The molecule has 1 aromatic carbocycles. The molecule has 0 saturated carbocycles. The smallest absolute Gasteiger partial charge is 0.319 e. The van der Waals surface area contributed by atoms with Gasteiger partial charge in [-0.3, -0.25) is 4.79 Å². The maximum absolute atomic E-state index is 11.5. The number of hydrogen-bond donors (Lipinski definition) is 2. The van der Waals surface area contributed by atoms with Crippen LogP contribution in [-0.2, 0) is 0 Å². The van der Waals surface area contributed by atoms with Crippen molar-refractivity contribution in [2.24, 2.45) is 0 Å². The zero-order valence-corrected chi connectivity index (χ0v) is 11.5. The molecule has 0 aliphatic carbocycles. The first-order valence-electron chi connectivity index (χ1n) is 5.78. The Morgan fingerprint density at radius 2 is 1.89 bits per heavy atom. The normalized spacial score (nSPS) is 9.89. The molecule has 0 aliphatic rings. The number of hydrogen-bond acceptors (Lipinski definition) is 3. The Balaban J connectivity index is 2.37. The van der Waals surface area contributed by atoms with Crippen LogP contribution in [0.3, 0.4) is 0 Å². The molecule has 0 heterocycles. The first-order valence-corrected chi connectivity index (χ1v) is 7.17. The maximum atomic E-state index is 11.5. The average molecular weight is 266 g/mol. The highest BCUT2D eigenvalue weighted by molar-refractivity contribution is 7.98. The zero-order valence-electron chi connectivity index (χ0n) is 10.7. The van der Waals surface area contributed by atoms with E-state index in [1.807, 2.05) is 6.26 Å². The quantitative estimate of drug-likeness (QED) is 0.615. The van der Waals surface area contributed by atoms with E-state index in [1.165, 1.54) is 6.92 Å². The summed E-state index contributed by atoms with van der Waals surface area (Å²) in [7, 11) is 0. The first kappa shape index (κ1) is 14.6. The fraction of sp³-hybridized carbons (Fsp3) is 0.385. The third-order valence-corrected chi connectivity index (χ3v) is 3.06. The Hall–Kier alpha value is -1.49. The van der Waals surface area contributed by atoms with Crippen LogP contribution in [0.15, 0.2) is 24.3 Å². The predicted molar refractivity (Wildman–Crippen MR) is 76.5 cm³/mol. The summed E-state index contributed by atoms with van der Waals surface area (Å²) < 4.78 is 0. The van der Waals surface area contributed by atoms with Gasteiger partial charge in [-0.05, 0) is 49.6 Å². The number of thioether (sulfide) groups is 1. The molecule has 0 saturated heterocycles. The van der Waals surface area contributed by atoms with Crippen molar-refractivity contribution >= 4 is 29.3 Å². The highest BCUT2D eigenvalue weighted by Crippen LogP contribution is 2.09. The van der Waals surface area contributed by atoms with Gasteiger partial charge in [0.15, 0.2) is 5.78 Å².